The predicted octanol–water partition coefficient (Wildman–Crippen LogP) is 4.08. The fraction of sp³-hybridized carbons (Fsp3) is 0.200. The van der Waals surface area contributed by atoms with Gasteiger partial charge in [-0.15, -0.1) is 0 Å². The summed E-state index contributed by atoms with van der Waals surface area (Å²) in [4.78, 5) is 0. The van der Waals surface area contributed by atoms with Crippen molar-refractivity contribution >= 4 is 0 Å². The normalized spacial score (nSPS) is 12.5. The third-order valence-corrected chi connectivity index (χ3v) is 3.03. The van der Waals surface area contributed by atoms with Gasteiger partial charge in [0.1, 0.15) is 29.1 Å². The van der Waals surface area contributed by atoms with Gasteiger partial charge in [-0.3, -0.25) is 0 Å². The Morgan fingerprint density at radius 2 is 1.33 bits per heavy atom. The molecule has 0 aromatic heterocycles. The van der Waals surface area contributed by atoms with Crippen LogP contribution in [0.5, 0.6) is 0 Å². The minimum atomic E-state index is -1.39. The summed E-state index contributed by atoms with van der Waals surface area (Å²) in [6.45, 7) is 1.82. The maximum atomic E-state index is 13.9. The Hall–Kier alpha value is -1.95. The third kappa shape index (κ3) is 3.05. The molecule has 0 spiro atoms. The van der Waals surface area contributed by atoms with E-state index in [0.717, 1.165) is 18.2 Å². The zero-order valence-electron chi connectivity index (χ0n) is 11.1. The van der Waals surface area contributed by atoms with Crippen molar-refractivity contribution in [2.45, 2.75) is 13.0 Å². The highest BCUT2D eigenvalue weighted by atomic mass is 19.2. The Morgan fingerprint density at radius 3 is 1.81 bits per heavy atom. The molecule has 0 aliphatic heterocycles. The molecule has 6 heteroatoms. The van der Waals surface area contributed by atoms with Gasteiger partial charge < -0.3 is 5.32 Å². The molecule has 1 unspecified atom stereocenters. The van der Waals surface area contributed by atoms with Gasteiger partial charge >= 0.3 is 0 Å². The summed E-state index contributed by atoms with van der Waals surface area (Å²) in [6.07, 6.45) is 0. The molecule has 0 aliphatic rings. The molecule has 2 aromatic rings. The molecule has 0 fully saturated rings. The molecule has 1 N–H and O–H groups in total. The molecule has 21 heavy (non-hydrogen) atoms. The number of halogens is 5. The Morgan fingerprint density at radius 1 is 0.857 bits per heavy atom. The maximum absolute atomic E-state index is 13.9. The van der Waals surface area contributed by atoms with Crippen LogP contribution in [-0.2, 0) is 0 Å². The van der Waals surface area contributed by atoms with Crippen LogP contribution < -0.4 is 5.32 Å². The summed E-state index contributed by atoms with van der Waals surface area (Å²) in [5.41, 5.74) is -1.13. The van der Waals surface area contributed by atoms with Gasteiger partial charge in [0.25, 0.3) is 0 Å². The lowest BCUT2D eigenvalue weighted by Gasteiger charge is -2.21. The quantitative estimate of drug-likeness (QED) is 0.839. The maximum Gasteiger partial charge on any atom is 0.134 e. The van der Waals surface area contributed by atoms with E-state index >= 15 is 0 Å². The SMILES string of the molecule is CCNC(c1c(F)cccc1F)c1c(F)cc(F)cc1F. The molecule has 0 saturated carbocycles. The number of rotatable bonds is 4. The average Bonchev–Trinajstić information content (AvgIpc) is 2.37. The Labute approximate surface area is 118 Å². The Balaban J connectivity index is 2.65. The highest BCUT2D eigenvalue weighted by Crippen LogP contribution is 2.31. The molecule has 1 atom stereocenters. The van der Waals surface area contributed by atoms with E-state index in [9.17, 15) is 22.0 Å². The molecule has 0 heterocycles. The van der Waals surface area contributed by atoms with Crippen LogP contribution in [-0.4, -0.2) is 6.54 Å². The second kappa shape index (κ2) is 6.22. The van der Waals surface area contributed by atoms with E-state index in [2.05, 4.69) is 5.32 Å². The van der Waals surface area contributed by atoms with Crippen LogP contribution in [0.25, 0.3) is 0 Å². The van der Waals surface area contributed by atoms with Gasteiger partial charge in [0.2, 0.25) is 0 Å². The van der Waals surface area contributed by atoms with Gasteiger partial charge in [-0.05, 0) is 18.7 Å². The van der Waals surface area contributed by atoms with E-state index in [1.54, 1.807) is 6.92 Å². The van der Waals surface area contributed by atoms with E-state index < -0.39 is 46.3 Å². The standard InChI is InChI=1S/C15H12F5N/c1-2-21-15(13-9(17)4-3-5-10(13)18)14-11(19)6-8(16)7-12(14)20/h3-7,15,21H,2H2,1H3. The molecular formula is C15H12F5N. The number of benzene rings is 2. The van der Waals surface area contributed by atoms with Gasteiger partial charge in [0.15, 0.2) is 0 Å². The highest BCUT2D eigenvalue weighted by molar-refractivity contribution is 5.35. The summed E-state index contributed by atoms with van der Waals surface area (Å²) < 4.78 is 68.4. The van der Waals surface area contributed by atoms with Crippen molar-refractivity contribution < 1.29 is 22.0 Å². The largest absolute Gasteiger partial charge is 0.306 e. The lowest BCUT2D eigenvalue weighted by Crippen LogP contribution is -2.26. The van der Waals surface area contributed by atoms with Crippen molar-refractivity contribution in [3.05, 3.63) is 70.5 Å². The summed E-state index contributed by atoms with van der Waals surface area (Å²) in [5.74, 6) is -5.40. The highest BCUT2D eigenvalue weighted by Gasteiger charge is 2.27. The zero-order chi connectivity index (χ0) is 15.6. The first-order valence-electron chi connectivity index (χ1n) is 6.27. The van der Waals surface area contributed by atoms with Gasteiger partial charge in [-0.2, -0.15) is 0 Å². The van der Waals surface area contributed by atoms with E-state index in [-0.39, 0.29) is 6.54 Å². The van der Waals surface area contributed by atoms with Crippen molar-refractivity contribution in [2.75, 3.05) is 6.54 Å². The number of nitrogens with one attached hydrogen (secondary N) is 1. The molecule has 1 nitrogen and oxygen atoms in total. The smallest absolute Gasteiger partial charge is 0.134 e. The zero-order valence-corrected chi connectivity index (χ0v) is 11.1. The topological polar surface area (TPSA) is 12.0 Å². The molecule has 0 bridgehead atoms. The van der Waals surface area contributed by atoms with Gasteiger partial charge in [0, 0.05) is 23.3 Å². The molecule has 2 rings (SSSR count). The minimum Gasteiger partial charge on any atom is -0.306 e. The van der Waals surface area contributed by atoms with E-state index in [1.807, 2.05) is 0 Å². The van der Waals surface area contributed by atoms with Gasteiger partial charge in [-0.1, -0.05) is 13.0 Å². The monoisotopic (exact) mass is 301 g/mol. The van der Waals surface area contributed by atoms with Gasteiger partial charge in [-0.25, -0.2) is 22.0 Å². The van der Waals surface area contributed by atoms with Crippen LogP contribution in [0.3, 0.4) is 0 Å². The summed E-state index contributed by atoms with van der Waals surface area (Å²) in [6, 6.07) is 2.68. The van der Waals surface area contributed by atoms with Crippen LogP contribution in [0.4, 0.5) is 22.0 Å². The second-order valence-electron chi connectivity index (χ2n) is 4.41. The second-order valence-corrected chi connectivity index (χ2v) is 4.41. The predicted molar refractivity (Wildman–Crippen MR) is 68.2 cm³/mol. The van der Waals surface area contributed by atoms with Crippen LogP contribution >= 0.6 is 0 Å². The molecular weight excluding hydrogens is 289 g/mol. The molecule has 0 saturated heterocycles. The van der Waals surface area contributed by atoms with Crippen molar-refractivity contribution in [1.82, 2.24) is 5.32 Å². The lowest BCUT2D eigenvalue weighted by atomic mass is 9.96. The Bertz CT molecular complexity index is 613. The van der Waals surface area contributed by atoms with Crippen LogP contribution in [0.1, 0.15) is 24.1 Å². The first-order valence-corrected chi connectivity index (χ1v) is 6.27. The van der Waals surface area contributed by atoms with Crippen LogP contribution in [0, 0.1) is 29.1 Å². The Kier molecular flexibility index (Phi) is 4.57. The summed E-state index contributed by atoms with van der Waals surface area (Å²) in [5, 5.41) is 2.62. The van der Waals surface area contributed by atoms with E-state index in [0.29, 0.717) is 12.1 Å². The molecule has 0 amide bonds. The van der Waals surface area contributed by atoms with Crippen molar-refractivity contribution in [3.63, 3.8) is 0 Å². The van der Waals surface area contributed by atoms with E-state index in [1.165, 1.54) is 0 Å². The number of hydrogen-bond donors (Lipinski definition) is 1. The van der Waals surface area contributed by atoms with Crippen LogP contribution in [0.15, 0.2) is 30.3 Å². The van der Waals surface area contributed by atoms with Crippen molar-refractivity contribution in [1.29, 1.82) is 0 Å². The minimum absolute atomic E-state index is 0.203. The molecule has 0 radical (unpaired) electrons. The summed E-state index contributed by atoms with van der Waals surface area (Å²) >= 11 is 0. The summed E-state index contributed by atoms with van der Waals surface area (Å²) in [7, 11) is 0. The third-order valence-electron chi connectivity index (χ3n) is 3.03. The van der Waals surface area contributed by atoms with Crippen molar-refractivity contribution in [3.8, 4) is 0 Å². The lowest BCUT2D eigenvalue weighted by molar-refractivity contribution is 0.465. The van der Waals surface area contributed by atoms with Gasteiger partial charge in [0.05, 0.1) is 6.04 Å². The fourth-order valence-electron chi connectivity index (χ4n) is 2.17. The average molecular weight is 301 g/mol. The number of hydrogen-bond acceptors (Lipinski definition) is 1. The first kappa shape index (κ1) is 15.4. The van der Waals surface area contributed by atoms with E-state index in [4.69, 9.17) is 0 Å². The molecule has 2 aromatic carbocycles. The van der Waals surface area contributed by atoms with Crippen LogP contribution in [0.2, 0.25) is 0 Å². The first-order chi connectivity index (χ1) is 9.95. The molecule has 0 aliphatic carbocycles. The van der Waals surface area contributed by atoms with Crippen molar-refractivity contribution in [2.24, 2.45) is 0 Å². The molecule has 112 valence electrons. The fourth-order valence-corrected chi connectivity index (χ4v) is 2.17.